The van der Waals surface area contributed by atoms with Gasteiger partial charge in [-0.3, -0.25) is 4.68 Å². The van der Waals surface area contributed by atoms with E-state index in [1.807, 2.05) is 23.9 Å². The molecule has 0 saturated carbocycles. The molecule has 2 aromatic rings. The summed E-state index contributed by atoms with van der Waals surface area (Å²) in [7, 11) is 1.94. The minimum Gasteiger partial charge on any atom is -0.252 e. The highest BCUT2D eigenvalue weighted by Crippen LogP contribution is 2.22. The lowest BCUT2D eigenvalue weighted by Gasteiger charge is -2.15. The molecule has 2 aromatic heterocycles. The van der Waals surface area contributed by atoms with Crippen molar-refractivity contribution in [2.24, 2.45) is 7.05 Å². The molecule has 102 valence electrons. The summed E-state index contributed by atoms with van der Waals surface area (Å²) in [6.07, 6.45) is 2.09. The van der Waals surface area contributed by atoms with Crippen molar-refractivity contribution in [1.82, 2.24) is 19.7 Å². The lowest BCUT2D eigenvalue weighted by atomic mass is 9.96. The average molecular weight is 258 g/mol. The molecule has 0 radical (unpaired) electrons. The van der Waals surface area contributed by atoms with Gasteiger partial charge in [0.25, 0.3) is 0 Å². The third kappa shape index (κ3) is 3.00. The number of aryl methyl sites for hydroxylation is 2. The Hall–Kier alpha value is -1.71. The predicted octanol–water partition coefficient (Wildman–Crippen LogP) is 3.13. The van der Waals surface area contributed by atoms with Crippen molar-refractivity contribution < 1.29 is 0 Å². The maximum atomic E-state index is 4.64. The molecule has 0 atom stereocenters. The van der Waals surface area contributed by atoms with E-state index in [-0.39, 0.29) is 5.41 Å². The van der Waals surface area contributed by atoms with Gasteiger partial charge in [-0.05, 0) is 18.6 Å². The number of aromatic nitrogens is 4. The molecule has 4 heteroatoms. The first kappa shape index (κ1) is 13.7. The smallest absolute Gasteiger partial charge is 0.200 e. The monoisotopic (exact) mass is 258 g/mol. The van der Waals surface area contributed by atoms with Gasteiger partial charge in [-0.1, -0.05) is 40.2 Å². The normalized spacial score (nSPS) is 11.8. The van der Waals surface area contributed by atoms with Crippen LogP contribution in [0.3, 0.4) is 0 Å². The van der Waals surface area contributed by atoms with Gasteiger partial charge in [0.15, 0.2) is 5.82 Å². The van der Waals surface area contributed by atoms with Crippen molar-refractivity contribution in [2.45, 2.75) is 46.0 Å². The molecule has 0 amide bonds. The molecule has 2 rings (SSSR count). The Bertz CT molecular complexity index is 564. The summed E-state index contributed by atoms with van der Waals surface area (Å²) in [5, 5.41) is 4.49. The van der Waals surface area contributed by atoms with Crippen molar-refractivity contribution in [3.8, 4) is 11.5 Å². The van der Waals surface area contributed by atoms with Crippen LogP contribution in [-0.4, -0.2) is 19.7 Å². The fourth-order valence-electron chi connectivity index (χ4n) is 2.15. The van der Waals surface area contributed by atoms with Crippen LogP contribution in [-0.2, 0) is 18.9 Å². The zero-order valence-corrected chi connectivity index (χ0v) is 12.4. The average Bonchev–Trinajstić information content (AvgIpc) is 2.72. The fraction of sp³-hybridized carbons (Fsp3) is 0.533. The van der Waals surface area contributed by atoms with Crippen LogP contribution in [0.25, 0.3) is 11.5 Å². The molecule has 0 spiro atoms. The summed E-state index contributed by atoms with van der Waals surface area (Å²) in [5.74, 6) is 1.69. The van der Waals surface area contributed by atoms with Gasteiger partial charge >= 0.3 is 0 Å². The third-order valence-electron chi connectivity index (χ3n) is 2.98. The number of nitrogens with zero attached hydrogens (tertiary/aromatic N) is 4. The summed E-state index contributed by atoms with van der Waals surface area (Å²) in [5.41, 5.74) is 1.95. The molecule has 0 aliphatic heterocycles. The van der Waals surface area contributed by atoms with Crippen LogP contribution >= 0.6 is 0 Å². The van der Waals surface area contributed by atoms with Crippen LogP contribution < -0.4 is 0 Å². The van der Waals surface area contributed by atoms with Crippen molar-refractivity contribution in [1.29, 1.82) is 0 Å². The number of hydrogen-bond acceptors (Lipinski definition) is 3. The maximum absolute atomic E-state index is 4.64. The first-order valence-corrected chi connectivity index (χ1v) is 6.79. The van der Waals surface area contributed by atoms with E-state index in [2.05, 4.69) is 48.8 Å². The zero-order chi connectivity index (χ0) is 14.0. The zero-order valence-electron chi connectivity index (χ0n) is 12.4. The maximum Gasteiger partial charge on any atom is 0.200 e. The second-order valence-electron chi connectivity index (χ2n) is 5.90. The molecule has 4 nitrogen and oxygen atoms in total. The SMILES string of the molecule is CCCc1cccc(-c2nc(C(C)(C)C)n(C)n2)n1. The molecule has 2 heterocycles. The Morgan fingerprint density at radius 2 is 1.89 bits per heavy atom. The van der Waals surface area contributed by atoms with E-state index in [0.717, 1.165) is 30.1 Å². The lowest BCUT2D eigenvalue weighted by molar-refractivity contribution is 0.506. The van der Waals surface area contributed by atoms with E-state index in [9.17, 15) is 0 Å². The molecule has 0 aliphatic rings. The highest BCUT2D eigenvalue weighted by molar-refractivity contribution is 5.49. The second-order valence-corrected chi connectivity index (χ2v) is 5.90. The number of hydrogen-bond donors (Lipinski definition) is 0. The Labute approximate surface area is 114 Å². The largest absolute Gasteiger partial charge is 0.252 e. The summed E-state index contributed by atoms with van der Waals surface area (Å²) >= 11 is 0. The molecule has 0 aliphatic carbocycles. The Morgan fingerprint density at radius 1 is 1.16 bits per heavy atom. The minimum atomic E-state index is -0.0129. The van der Waals surface area contributed by atoms with Crippen LogP contribution in [0.1, 0.15) is 45.6 Å². The Kier molecular flexibility index (Phi) is 3.69. The molecule has 0 bridgehead atoms. The van der Waals surface area contributed by atoms with Crippen LogP contribution in [0.15, 0.2) is 18.2 Å². The molecular weight excluding hydrogens is 236 g/mol. The first-order chi connectivity index (χ1) is 8.91. The third-order valence-corrected chi connectivity index (χ3v) is 2.98. The van der Waals surface area contributed by atoms with E-state index in [4.69, 9.17) is 0 Å². The molecule has 0 saturated heterocycles. The van der Waals surface area contributed by atoms with Crippen LogP contribution in [0, 0.1) is 0 Å². The summed E-state index contributed by atoms with van der Waals surface area (Å²) in [4.78, 5) is 9.27. The number of rotatable bonds is 3. The Morgan fingerprint density at radius 3 is 2.47 bits per heavy atom. The summed E-state index contributed by atoms with van der Waals surface area (Å²) in [6, 6.07) is 6.06. The quantitative estimate of drug-likeness (QED) is 0.849. The van der Waals surface area contributed by atoms with E-state index >= 15 is 0 Å². The summed E-state index contributed by atoms with van der Waals surface area (Å²) in [6.45, 7) is 8.58. The Balaban J connectivity index is 2.40. The fourth-order valence-corrected chi connectivity index (χ4v) is 2.15. The van der Waals surface area contributed by atoms with Crippen LogP contribution in [0.5, 0.6) is 0 Å². The van der Waals surface area contributed by atoms with Gasteiger partial charge in [-0.2, -0.15) is 0 Å². The van der Waals surface area contributed by atoms with Gasteiger partial charge in [-0.15, -0.1) is 5.10 Å². The van der Waals surface area contributed by atoms with Crippen molar-refractivity contribution in [2.75, 3.05) is 0 Å². The van der Waals surface area contributed by atoms with E-state index in [1.54, 1.807) is 0 Å². The van der Waals surface area contributed by atoms with Gasteiger partial charge in [0.1, 0.15) is 11.5 Å². The molecule has 0 unspecified atom stereocenters. The predicted molar refractivity (Wildman–Crippen MR) is 76.9 cm³/mol. The molecule has 0 N–H and O–H groups in total. The molecule has 0 fully saturated rings. The van der Waals surface area contributed by atoms with Crippen LogP contribution in [0.4, 0.5) is 0 Å². The lowest BCUT2D eigenvalue weighted by Crippen LogP contribution is -2.17. The standard InChI is InChI=1S/C15H22N4/c1-6-8-11-9-7-10-12(16-11)13-17-14(15(2,3)4)19(5)18-13/h7,9-10H,6,8H2,1-5H3. The van der Waals surface area contributed by atoms with Crippen molar-refractivity contribution in [3.05, 3.63) is 29.7 Å². The highest BCUT2D eigenvalue weighted by Gasteiger charge is 2.22. The van der Waals surface area contributed by atoms with Gasteiger partial charge in [0.2, 0.25) is 0 Å². The molecular formula is C15H22N4. The number of pyridine rings is 1. The van der Waals surface area contributed by atoms with E-state index in [1.165, 1.54) is 0 Å². The van der Waals surface area contributed by atoms with Crippen molar-refractivity contribution in [3.63, 3.8) is 0 Å². The van der Waals surface area contributed by atoms with E-state index in [0.29, 0.717) is 5.82 Å². The second kappa shape index (κ2) is 5.11. The van der Waals surface area contributed by atoms with Crippen LogP contribution in [0.2, 0.25) is 0 Å². The van der Waals surface area contributed by atoms with Gasteiger partial charge < -0.3 is 0 Å². The topological polar surface area (TPSA) is 43.6 Å². The molecule has 19 heavy (non-hydrogen) atoms. The summed E-state index contributed by atoms with van der Waals surface area (Å²) < 4.78 is 1.85. The molecule has 0 aromatic carbocycles. The highest BCUT2D eigenvalue weighted by atomic mass is 15.3. The van der Waals surface area contributed by atoms with Gasteiger partial charge in [0.05, 0.1) is 0 Å². The van der Waals surface area contributed by atoms with Gasteiger partial charge in [-0.25, -0.2) is 9.97 Å². The van der Waals surface area contributed by atoms with Crippen molar-refractivity contribution >= 4 is 0 Å². The first-order valence-electron chi connectivity index (χ1n) is 6.79. The van der Waals surface area contributed by atoms with E-state index < -0.39 is 0 Å². The minimum absolute atomic E-state index is 0.0129. The van der Waals surface area contributed by atoms with Gasteiger partial charge in [0, 0.05) is 18.2 Å².